The Labute approximate surface area is 71.4 Å². The summed E-state index contributed by atoms with van der Waals surface area (Å²) < 4.78 is 13.2. The number of halogens is 1. The number of hydrogen-bond acceptors (Lipinski definition) is 1. The molecule has 1 aliphatic rings. The highest BCUT2D eigenvalue weighted by Gasteiger charge is 2.50. The Morgan fingerprint density at radius 2 is 2.08 bits per heavy atom. The molecule has 12 heavy (non-hydrogen) atoms. The third kappa shape index (κ3) is 0.950. The Kier molecular flexibility index (Phi) is 1.48. The van der Waals surface area contributed by atoms with Crippen LogP contribution in [0, 0.1) is 5.82 Å². The first-order chi connectivity index (χ1) is 5.64. The van der Waals surface area contributed by atoms with E-state index in [1.54, 1.807) is 6.07 Å². The maximum absolute atomic E-state index is 13.2. The quantitative estimate of drug-likeness (QED) is 0.674. The van der Waals surface area contributed by atoms with E-state index in [1.165, 1.54) is 6.07 Å². The average Bonchev–Trinajstić information content (AvgIpc) is 2.61. The van der Waals surface area contributed by atoms with Crippen LogP contribution in [0.15, 0.2) is 24.3 Å². The Bertz CT molecular complexity index is 310. The van der Waals surface area contributed by atoms with E-state index in [0.29, 0.717) is 0 Å². The van der Waals surface area contributed by atoms with Gasteiger partial charge in [0.1, 0.15) is 5.82 Å². The molecule has 1 saturated carbocycles. The van der Waals surface area contributed by atoms with Crippen LogP contribution in [0.4, 0.5) is 4.39 Å². The molecule has 0 aromatic heterocycles. The molecule has 64 valence electrons. The van der Waals surface area contributed by atoms with Crippen LogP contribution in [0.1, 0.15) is 18.9 Å². The van der Waals surface area contributed by atoms with Crippen molar-refractivity contribution < 1.29 is 4.39 Å². The molecule has 2 rings (SSSR count). The van der Waals surface area contributed by atoms with Crippen LogP contribution in [0.25, 0.3) is 0 Å². The van der Waals surface area contributed by atoms with Gasteiger partial charge in [-0.25, -0.2) is 4.39 Å². The number of rotatable bonds is 1. The largest absolute Gasteiger partial charge is 0.327 e. The second-order valence-corrected chi connectivity index (χ2v) is 3.71. The van der Waals surface area contributed by atoms with Crippen LogP contribution in [-0.4, -0.2) is 6.04 Å². The van der Waals surface area contributed by atoms with Crippen molar-refractivity contribution in [3.63, 3.8) is 0 Å². The van der Waals surface area contributed by atoms with E-state index in [0.717, 1.165) is 12.0 Å². The van der Waals surface area contributed by atoms with Gasteiger partial charge in [0, 0.05) is 11.5 Å². The van der Waals surface area contributed by atoms with E-state index in [2.05, 4.69) is 0 Å². The summed E-state index contributed by atoms with van der Waals surface area (Å²) in [7, 11) is 0. The lowest BCUT2D eigenvalue weighted by atomic mass is 9.97. The van der Waals surface area contributed by atoms with Crippen molar-refractivity contribution in [2.45, 2.75) is 24.8 Å². The Hall–Kier alpha value is -0.890. The van der Waals surface area contributed by atoms with Crippen molar-refractivity contribution in [3.05, 3.63) is 35.6 Å². The van der Waals surface area contributed by atoms with Gasteiger partial charge < -0.3 is 5.73 Å². The summed E-state index contributed by atoms with van der Waals surface area (Å²) >= 11 is 0. The molecule has 0 radical (unpaired) electrons. The standard InChI is InChI=1S/C10H12FN/c1-10(6-9(10)12)7-4-2-3-5-8(7)11/h2-5,9H,6,12H2,1H3/t9-,10+/m1/s1. The molecular formula is C10H12FN. The van der Waals surface area contributed by atoms with Crippen LogP contribution >= 0.6 is 0 Å². The van der Waals surface area contributed by atoms with E-state index in [4.69, 9.17) is 5.73 Å². The molecule has 0 unspecified atom stereocenters. The summed E-state index contributed by atoms with van der Waals surface area (Å²) in [5.41, 5.74) is 6.39. The number of hydrogen-bond donors (Lipinski definition) is 1. The maximum atomic E-state index is 13.2. The van der Waals surface area contributed by atoms with E-state index in [9.17, 15) is 4.39 Å². The predicted molar refractivity (Wildman–Crippen MR) is 46.3 cm³/mol. The van der Waals surface area contributed by atoms with Crippen molar-refractivity contribution in [1.29, 1.82) is 0 Å². The van der Waals surface area contributed by atoms with Crippen molar-refractivity contribution in [1.82, 2.24) is 0 Å². The fourth-order valence-electron chi connectivity index (χ4n) is 1.63. The summed E-state index contributed by atoms with van der Waals surface area (Å²) in [5, 5.41) is 0. The van der Waals surface area contributed by atoms with E-state index >= 15 is 0 Å². The van der Waals surface area contributed by atoms with Crippen LogP contribution in [0.5, 0.6) is 0 Å². The Morgan fingerprint density at radius 1 is 1.50 bits per heavy atom. The lowest BCUT2D eigenvalue weighted by molar-refractivity contribution is 0.580. The van der Waals surface area contributed by atoms with Crippen LogP contribution in [0.2, 0.25) is 0 Å². The normalized spacial score (nSPS) is 33.4. The molecule has 0 saturated heterocycles. The molecule has 2 N–H and O–H groups in total. The van der Waals surface area contributed by atoms with Crippen LogP contribution in [0.3, 0.4) is 0 Å². The third-order valence-corrected chi connectivity index (χ3v) is 2.79. The minimum atomic E-state index is -0.132. The third-order valence-electron chi connectivity index (χ3n) is 2.79. The molecule has 0 bridgehead atoms. The summed E-state index contributed by atoms with van der Waals surface area (Å²) in [6.07, 6.45) is 0.897. The van der Waals surface area contributed by atoms with Gasteiger partial charge in [0.05, 0.1) is 0 Å². The van der Waals surface area contributed by atoms with Gasteiger partial charge in [-0.05, 0) is 18.1 Å². The molecule has 0 spiro atoms. The van der Waals surface area contributed by atoms with E-state index in [-0.39, 0.29) is 17.3 Å². The van der Waals surface area contributed by atoms with Gasteiger partial charge in [0.2, 0.25) is 0 Å². The van der Waals surface area contributed by atoms with Crippen molar-refractivity contribution >= 4 is 0 Å². The zero-order valence-corrected chi connectivity index (χ0v) is 7.05. The lowest BCUT2D eigenvalue weighted by Crippen LogP contribution is -2.15. The second-order valence-electron chi connectivity index (χ2n) is 3.71. The minimum absolute atomic E-state index is 0.106. The molecule has 1 nitrogen and oxygen atoms in total. The van der Waals surface area contributed by atoms with Gasteiger partial charge >= 0.3 is 0 Å². The fourth-order valence-corrected chi connectivity index (χ4v) is 1.63. The van der Waals surface area contributed by atoms with Gasteiger partial charge in [-0.15, -0.1) is 0 Å². The molecular weight excluding hydrogens is 153 g/mol. The molecule has 1 aromatic rings. The molecule has 1 fully saturated rings. The number of nitrogens with two attached hydrogens (primary N) is 1. The molecule has 1 aliphatic carbocycles. The molecule has 0 amide bonds. The molecule has 2 heteroatoms. The highest BCUT2D eigenvalue weighted by atomic mass is 19.1. The predicted octanol–water partition coefficient (Wildman–Crippen LogP) is 1.81. The fraction of sp³-hybridized carbons (Fsp3) is 0.400. The SMILES string of the molecule is C[C@@]1(c2ccccc2F)C[C@H]1N. The average molecular weight is 165 g/mol. The van der Waals surface area contributed by atoms with Gasteiger partial charge in [-0.3, -0.25) is 0 Å². The number of benzene rings is 1. The molecule has 0 aliphatic heterocycles. The van der Waals surface area contributed by atoms with Crippen LogP contribution < -0.4 is 5.73 Å². The Balaban J connectivity index is 2.41. The molecule has 2 atom stereocenters. The smallest absolute Gasteiger partial charge is 0.127 e. The van der Waals surface area contributed by atoms with Gasteiger partial charge in [0.15, 0.2) is 0 Å². The first kappa shape index (κ1) is 7.74. The monoisotopic (exact) mass is 165 g/mol. The van der Waals surface area contributed by atoms with E-state index < -0.39 is 0 Å². The highest BCUT2D eigenvalue weighted by molar-refractivity contribution is 5.35. The van der Waals surface area contributed by atoms with Crippen LogP contribution in [-0.2, 0) is 5.41 Å². The first-order valence-electron chi connectivity index (χ1n) is 4.15. The lowest BCUT2D eigenvalue weighted by Gasteiger charge is -2.10. The first-order valence-corrected chi connectivity index (χ1v) is 4.15. The summed E-state index contributed by atoms with van der Waals surface area (Å²) in [4.78, 5) is 0. The molecule has 0 heterocycles. The van der Waals surface area contributed by atoms with Crippen molar-refractivity contribution in [3.8, 4) is 0 Å². The van der Waals surface area contributed by atoms with Crippen molar-refractivity contribution in [2.24, 2.45) is 5.73 Å². The second kappa shape index (κ2) is 2.30. The Morgan fingerprint density at radius 3 is 2.58 bits per heavy atom. The highest BCUT2D eigenvalue weighted by Crippen LogP contribution is 2.47. The van der Waals surface area contributed by atoms with Gasteiger partial charge in [-0.1, -0.05) is 25.1 Å². The van der Waals surface area contributed by atoms with Crippen molar-refractivity contribution in [2.75, 3.05) is 0 Å². The summed E-state index contributed by atoms with van der Waals surface area (Å²) in [5.74, 6) is -0.132. The van der Waals surface area contributed by atoms with E-state index in [1.807, 2.05) is 19.1 Å². The summed E-state index contributed by atoms with van der Waals surface area (Å²) in [6, 6.07) is 7.01. The van der Waals surface area contributed by atoms with Gasteiger partial charge in [0.25, 0.3) is 0 Å². The zero-order valence-electron chi connectivity index (χ0n) is 7.05. The molecule has 1 aromatic carbocycles. The maximum Gasteiger partial charge on any atom is 0.127 e. The minimum Gasteiger partial charge on any atom is -0.327 e. The topological polar surface area (TPSA) is 26.0 Å². The zero-order chi connectivity index (χ0) is 8.77. The van der Waals surface area contributed by atoms with Gasteiger partial charge in [-0.2, -0.15) is 0 Å². The summed E-state index contributed by atoms with van der Waals surface area (Å²) in [6.45, 7) is 2.01.